The van der Waals surface area contributed by atoms with Gasteiger partial charge in [0.2, 0.25) is 11.1 Å². The van der Waals surface area contributed by atoms with E-state index < -0.39 is 16.4 Å². The van der Waals surface area contributed by atoms with E-state index in [2.05, 4.69) is 40.8 Å². The maximum absolute atomic E-state index is 12.0. The van der Waals surface area contributed by atoms with Crippen molar-refractivity contribution in [3.05, 3.63) is 18.5 Å². The van der Waals surface area contributed by atoms with Crippen LogP contribution in [-0.2, 0) is 15.5 Å². The van der Waals surface area contributed by atoms with E-state index in [1.807, 2.05) is 20.8 Å². The summed E-state index contributed by atoms with van der Waals surface area (Å²) in [4.78, 5) is 29.3. The van der Waals surface area contributed by atoms with Gasteiger partial charge in [0, 0.05) is 30.7 Å². The van der Waals surface area contributed by atoms with Crippen LogP contribution >= 0.6 is 0 Å². The molecule has 12 heteroatoms. The van der Waals surface area contributed by atoms with Crippen LogP contribution in [-0.4, -0.2) is 64.4 Å². The number of rotatable bonds is 5. The number of hydrogen-bond donors (Lipinski definition) is 3. The molecule has 0 radical (unpaired) electrons. The molecule has 3 heterocycles. The largest absolute Gasteiger partial charge is 0.444 e. The molecular formula is C21H28N8O3S. The molecule has 1 atom stereocenters. The second-order valence-electron chi connectivity index (χ2n) is 9.05. The summed E-state index contributed by atoms with van der Waals surface area (Å²) in [5.41, 5.74) is 1.24. The summed E-state index contributed by atoms with van der Waals surface area (Å²) < 4.78 is 17.0. The SMILES string of the molecule is C[S@@](=O)c1nccc(-c2[nH]nc3nc(NC4CCC(NC(=O)OC(C)(C)C)CC4)ncc23)n1. The minimum absolute atomic E-state index is 0.102. The Labute approximate surface area is 194 Å². The Morgan fingerprint density at radius 1 is 1.15 bits per heavy atom. The summed E-state index contributed by atoms with van der Waals surface area (Å²) >= 11 is 0. The Bertz CT molecular complexity index is 1170. The first-order valence-corrected chi connectivity index (χ1v) is 12.4. The van der Waals surface area contributed by atoms with Crippen LogP contribution in [0.2, 0.25) is 0 Å². The maximum Gasteiger partial charge on any atom is 0.407 e. The van der Waals surface area contributed by atoms with Crippen molar-refractivity contribution in [2.45, 2.75) is 69.3 Å². The number of nitrogens with one attached hydrogen (secondary N) is 3. The van der Waals surface area contributed by atoms with Crippen molar-refractivity contribution in [2.24, 2.45) is 0 Å². The molecule has 176 valence electrons. The number of amides is 1. The zero-order valence-corrected chi connectivity index (χ0v) is 19.9. The number of carbonyl (C=O) groups excluding carboxylic acids is 1. The molecule has 0 unspecified atom stereocenters. The lowest BCUT2D eigenvalue weighted by molar-refractivity contribution is 0.0492. The van der Waals surface area contributed by atoms with Crippen LogP contribution in [0.25, 0.3) is 22.4 Å². The Morgan fingerprint density at radius 2 is 1.88 bits per heavy atom. The number of carbonyl (C=O) groups is 1. The molecule has 1 amide bonds. The maximum atomic E-state index is 12.0. The lowest BCUT2D eigenvalue weighted by atomic mass is 9.91. The van der Waals surface area contributed by atoms with Gasteiger partial charge in [-0.15, -0.1) is 0 Å². The number of alkyl carbamates (subject to hydrolysis) is 1. The van der Waals surface area contributed by atoms with E-state index in [0.29, 0.717) is 23.0 Å². The first kappa shape index (κ1) is 23.0. The zero-order chi connectivity index (χ0) is 23.6. The average molecular weight is 473 g/mol. The molecule has 3 N–H and O–H groups in total. The van der Waals surface area contributed by atoms with Crippen molar-refractivity contribution in [1.82, 2.24) is 35.5 Å². The minimum atomic E-state index is -1.28. The third-order valence-electron chi connectivity index (χ3n) is 5.24. The van der Waals surface area contributed by atoms with Crippen LogP contribution in [0.5, 0.6) is 0 Å². The summed E-state index contributed by atoms with van der Waals surface area (Å²) in [6, 6.07) is 2.03. The number of hydrogen-bond acceptors (Lipinski definition) is 9. The van der Waals surface area contributed by atoms with Gasteiger partial charge in [-0.1, -0.05) is 0 Å². The van der Waals surface area contributed by atoms with Crippen molar-refractivity contribution in [3.63, 3.8) is 0 Å². The number of anilines is 1. The standard InChI is InChI=1S/C21H28N8O3S/c1-21(2,3)32-20(30)25-13-7-5-12(6-8-13)24-18-23-11-14-16(28-29-17(14)27-18)15-9-10-22-19(26-15)33(4)31/h9-13H,5-8H2,1-4H3,(H,25,30)(H2,23,24,27,28,29)/t12?,13?,33-/m1/s1. The van der Waals surface area contributed by atoms with E-state index in [9.17, 15) is 9.00 Å². The van der Waals surface area contributed by atoms with Crippen LogP contribution in [0.1, 0.15) is 46.5 Å². The van der Waals surface area contributed by atoms with Crippen LogP contribution in [0.15, 0.2) is 23.6 Å². The van der Waals surface area contributed by atoms with Gasteiger partial charge in [-0.2, -0.15) is 10.1 Å². The van der Waals surface area contributed by atoms with Crippen molar-refractivity contribution in [1.29, 1.82) is 0 Å². The van der Waals surface area contributed by atoms with Gasteiger partial charge in [-0.3, -0.25) is 9.31 Å². The highest BCUT2D eigenvalue weighted by molar-refractivity contribution is 7.84. The molecule has 0 aliphatic heterocycles. The molecule has 33 heavy (non-hydrogen) atoms. The third kappa shape index (κ3) is 5.81. The van der Waals surface area contributed by atoms with Crippen LogP contribution in [0.3, 0.4) is 0 Å². The Kier molecular flexibility index (Phi) is 6.54. The predicted octanol–water partition coefficient (Wildman–Crippen LogP) is 2.80. The van der Waals surface area contributed by atoms with E-state index in [4.69, 9.17) is 4.74 Å². The molecule has 0 spiro atoms. The van der Waals surface area contributed by atoms with Gasteiger partial charge in [-0.25, -0.2) is 19.7 Å². The van der Waals surface area contributed by atoms with E-state index in [1.165, 1.54) is 6.26 Å². The molecule has 0 aromatic carbocycles. The van der Waals surface area contributed by atoms with Gasteiger partial charge in [0.05, 0.1) is 27.6 Å². The molecule has 1 aliphatic rings. The number of aromatic amines is 1. The van der Waals surface area contributed by atoms with E-state index >= 15 is 0 Å². The van der Waals surface area contributed by atoms with Crippen LogP contribution < -0.4 is 10.6 Å². The van der Waals surface area contributed by atoms with Crippen LogP contribution in [0, 0.1) is 0 Å². The molecule has 0 bridgehead atoms. The third-order valence-corrected chi connectivity index (χ3v) is 5.95. The summed E-state index contributed by atoms with van der Waals surface area (Å²) in [5.74, 6) is 0.502. The second-order valence-corrected chi connectivity index (χ2v) is 10.3. The minimum Gasteiger partial charge on any atom is -0.444 e. The monoisotopic (exact) mass is 472 g/mol. The van der Waals surface area contributed by atoms with Gasteiger partial charge in [0.1, 0.15) is 5.60 Å². The zero-order valence-electron chi connectivity index (χ0n) is 19.1. The van der Waals surface area contributed by atoms with Crippen LogP contribution in [0.4, 0.5) is 10.7 Å². The first-order chi connectivity index (χ1) is 15.7. The number of nitrogens with zero attached hydrogens (tertiary/aromatic N) is 5. The Morgan fingerprint density at radius 3 is 2.58 bits per heavy atom. The van der Waals surface area contributed by atoms with E-state index in [0.717, 1.165) is 31.1 Å². The van der Waals surface area contributed by atoms with E-state index in [-0.39, 0.29) is 23.3 Å². The van der Waals surface area contributed by atoms with Gasteiger partial charge in [0.25, 0.3) is 0 Å². The van der Waals surface area contributed by atoms with Gasteiger partial charge in [0.15, 0.2) is 5.65 Å². The fraction of sp³-hybridized carbons (Fsp3) is 0.524. The topological polar surface area (TPSA) is 148 Å². The Balaban J connectivity index is 1.37. The highest BCUT2D eigenvalue weighted by Gasteiger charge is 2.25. The van der Waals surface area contributed by atoms with Crippen molar-refractivity contribution < 1.29 is 13.7 Å². The molecule has 3 aromatic heterocycles. The van der Waals surface area contributed by atoms with Crippen molar-refractivity contribution >= 4 is 33.9 Å². The molecule has 3 aromatic rings. The molecule has 4 rings (SSSR count). The highest BCUT2D eigenvalue weighted by Crippen LogP contribution is 2.26. The van der Waals surface area contributed by atoms with Crippen molar-refractivity contribution in [2.75, 3.05) is 11.6 Å². The molecular weight excluding hydrogens is 444 g/mol. The normalized spacial score (nSPS) is 19.8. The second kappa shape index (κ2) is 9.38. The number of H-pyrrole nitrogens is 1. The summed E-state index contributed by atoms with van der Waals surface area (Å²) in [6.45, 7) is 5.56. The molecule has 0 saturated heterocycles. The molecule has 1 aliphatic carbocycles. The number of aromatic nitrogens is 6. The molecule has 1 saturated carbocycles. The van der Waals surface area contributed by atoms with Crippen molar-refractivity contribution in [3.8, 4) is 11.4 Å². The van der Waals surface area contributed by atoms with Gasteiger partial charge < -0.3 is 15.4 Å². The number of fused-ring (bicyclic) bond motifs is 1. The Hall–Kier alpha value is -3.15. The van der Waals surface area contributed by atoms with E-state index in [1.54, 1.807) is 18.5 Å². The predicted molar refractivity (Wildman–Crippen MR) is 124 cm³/mol. The summed E-state index contributed by atoms with van der Waals surface area (Å²) in [6.07, 6.45) is 7.88. The highest BCUT2D eigenvalue weighted by atomic mass is 32.2. The lowest BCUT2D eigenvalue weighted by Gasteiger charge is -2.30. The lowest BCUT2D eigenvalue weighted by Crippen LogP contribution is -2.42. The summed E-state index contributed by atoms with van der Waals surface area (Å²) in [7, 11) is -1.28. The number of ether oxygens (including phenoxy) is 1. The fourth-order valence-corrected chi connectivity index (χ4v) is 4.16. The molecule has 1 fully saturated rings. The van der Waals surface area contributed by atoms with Gasteiger partial charge >= 0.3 is 6.09 Å². The van der Waals surface area contributed by atoms with Gasteiger partial charge in [-0.05, 0) is 52.5 Å². The average Bonchev–Trinajstić information content (AvgIpc) is 3.17. The molecule has 11 nitrogen and oxygen atoms in total. The first-order valence-electron chi connectivity index (χ1n) is 10.8. The fourth-order valence-electron chi connectivity index (χ4n) is 3.73. The quantitative estimate of drug-likeness (QED) is 0.477. The smallest absolute Gasteiger partial charge is 0.407 e. The summed E-state index contributed by atoms with van der Waals surface area (Å²) in [5, 5.41) is 14.5.